The lowest BCUT2D eigenvalue weighted by atomic mass is 10.2. The van der Waals surface area contributed by atoms with Crippen molar-refractivity contribution in [2.24, 2.45) is 0 Å². The molecule has 5 aromatic rings. The van der Waals surface area contributed by atoms with Gasteiger partial charge in [-0.3, -0.25) is 0 Å². The Morgan fingerprint density at radius 2 is 0.844 bits per heavy atom. The van der Waals surface area contributed by atoms with E-state index < -0.39 is 8.63 Å². The summed E-state index contributed by atoms with van der Waals surface area (Å²) in [6, 6.07) is 49.0. The first-order chi connectivity index (χ1) is 21.1. The maximum absolute atomic E-state index is 5.59. The van der Waals surface area contributed by atoms with E-state index >= 15 is 0 Å². The van der Waals surface area contributed by atoms with Crippen LogP contribution in [0.15, 0.2) is 152 Å². The van der Waals surface area contributed by atoms with Gasteiger partial charge in [0.05, 0.1) is 3.74 Å². The highest BCUT2D eigenvalue weighted by molar-refractivity contribution is 9.24. The van der Waals surface area contributed by atoms with Crippen molar-refractivity contribution in [3.05, 3.63) is 179 Å². The summed E-state index contributed by atoms with van der Waals surface area (Å²) < 4.78 is -1.01. The van der Waals surface area contributed by atoms with Crippen molar-refractivity contribution in [1.82, 2.24) is 0 Å². The van der Waals surface area contributed by atoms with Gasteiger partial charge in [-0.15, -0.1) is 51.8 Å². The van der Waals surface area contributed by atoms with Crippen LogP contribution in [-0.2, 0) is 15.0 Å². The van der Waals surface area contributed by atoms with Gasteiger partial charge in [-0.2, -0.15) is 0 Å². The lowest BCUT2D eigenvalue weighted by molar-refractivity contribution is 1.24. The first-order valence-corrected chi connectivity index (χ1v) is 18.6. The quantitative estimate of drug-likeness (QED) is 0.157. The average Bonchev–Trinajstić information content (AvgIpc) is 3.07. The molecule has 0 aromatic heterocycles. The number of hydrogen-bond acceptors (Lipinski definition) is 0. The molecule has 242 valence electrons. The SMILES string of the molecule is Br.BrC(Br)c1ccccc1.BrCc1ccccc1.ClC(Cl)(Cl)c1ccccc1.ClC(Cl)c1ccccc1.ClCc1ccccc1. The Balaban J connectivity index is 0.000000536. The zero-order valence-electron chi connectivity index (χ0n) is 23.8. The van der Waals surface area contributed by atoms with Crippen LogP contribution in [0, 0.1) is 0 Å². The molecule has 0 aliphatic rings. The van der Waals surface area contributed by atoms with Gasteiger partial charge in [-0.05, 0) is 22.3 Å². The average molecular weight is 985 g/mol. The Bertz CT molecular complexity index is 1260. The zero-order chi connectivity index (χ0) is 32.6. The first-order valence-electron chi connectivity index (χ1n) is 13.1. The molecule has 0 fully saturated rings. The predicted molar refractivity (Wildman–Crippen MR) is 219 cm³/mol. The van der Waals surface area contributed by atoms with Crippen molar-refractivity contribution in [1.29, 1.82) is 0 Å². The molecule has 0 radical (unpaired) electrons. The minimum absolute atomic E-state index is 0. The highest BCUT2D eigenvalue weighted by atomic mass is 79.9. The summed E-state index contributed by atoms with van der Waals surface area (Å²) in [5.74, 6) is 0.612. The van der Waals surface area contributed by atoms with Crippen molar-refractivity contribution in [3.8, 4) is 0 Å². The van der Waals surface area contributed by atoms with Crippen molar-refractivity contribution >= 4 is 134 Å². The number of rotatable bonds is 4. The number of halogens is 10. The normalized spacial score (nSPS) is 9.84. The summed E-state index contributed by atoms with van der Waals surface area (Å²) in [5, 5.41) is 0.952. The fourth-order valence-corrected chi connectivity index (χ4v) is 4.79. The summed E-state index contributed by atoms with van der Waals surface area (Å²) in [7, 11) is 0. The molecule has 0 saturated heterocycles. The second-order valence-electron chi connectivity index (χ2n) is 8.53. The lowest BCUT2D eigenvalue weighted by Gasteiger charge is -2.09. The predicted octanol–water partition coefficient (Wildman–Crippen LogP) is 15.7. The lowest BCUT2D eigenvalue weighted by Crippen LogP contribution is -1.98. The number of hydrogen-bond donors (Lipinski definition) is 0. The van der Waals surface area contributed by atoms with E-state index in [1.54, 1.807) is 12.1 Å². The Hall–Kier alpha value is -0.240. The topological polar surface area (TPSA) is 0 Å². The third-order valence-corrected chi connectivity index (χ3v) is 8.37. The van der Waals surface area contributed by atoms with Crippen molar-refractivity contribution < 1.29 is 0 Å². The highest BCUT2D eigenvalue weighted by Gasteiger charge is 2.21. The largest absolute Gasteiger partial charge is 0.216 e. The Morgan fingerprint density at radius 3 is 1.04 bits per heavy atom. The first kappa shape index (κ1) is 44.8. The van der Waals surface area contributed by atoms with Gasteiger partial charge in [-0.1, -0.05) is 234 Å². The summed E-state index contributed by atoms with van der Waals surface area (Å²) in [5.41, 5.74) is 5.39. The molecule has 10 heteroatoms. The van der Waals surface area contributed by atoms with Gasteiger partial charge < -0.3 is 0 Å². The molecule has 45 heavy (non-hydrogen) atoms. The van der Waals surface area contributed by atoms with Gasteiger partial charge in [0.2, 0.25) is 3.79 Å². The molecular formula is C35H32Br4Cl6. The van der Waals surface area contributed by atoms with E-state index in [1.807, 2.05) is 115 Å². The van der Waals surface area contributed by atoms with Crippen molar-refractivity contribution in [2.45, 2.75) is 23.6 Å². The fourth-order valence-electron chi connectivity index (χ4n) is 2.96. The Labute approximate surface area is 333 Å². The third-order valence-electron chi connectivity index (χ3n) is 5.20. The van der Waals surface area contributed by atoms with Crippen LogP contribution >= 0.6 is 134 Å². The van der Waals surface area contributed by atoms with Crippen LogP contribution in [0.3, 0.4) is 0 Å². The molecule has 5 aromatic carbocycles. The van der Waals surface area contributed by atoms with Gasteiger partial charge in [0.1, 0.15) is 4.84 Å². The van der Waals surface area contributed by atoms with Crippen molar-refractivity contribution in [2.75, 3.05) is 0 Å². The van der Waals surface area contributed by atoms with E-state index in [0.717, 1.165) is 10.9 Å². The molecule has 0 bridgehead atoms. The molecule has 0 amide bonds. The van der Waals surface area contributed by atoms with Crippen LogP contribution in [0.2, 0.25) is 0 Å². The molecular weight excluding hydrogens is 953 g/mol. The van der Waals surface area contributed by atoms with E-state index in [1.165, 1.54) is 16.7 Å². The summed E-state index contributed by atoms with van der Waals surface area (Å²) in [4.78, 5) is -0.397. The van der Waals surface area contributed by atoms with Gasteiger partial charge in [0.25, 0.3) is 0 Å². The molecule has 0 aliphatic carbocycles. The summed E-state index contributed by atoms with van der Waals surface area (Å²) in [6.07, 6.45) is 0. The molecule has 0 saturated carbocycles. The fraction of sp³-hybridized carbons (Fsp3) is 0.143. The number of benzene rings is 5. The zero-order valence-corrected chi connectivity index (χ0v) is 34.8. The minimum atomic E-state index is -1.29. The molecule has 0 unspecified atom stereocenters. The van der Waals surface area contributed by atoms with Gasteiger partial charge in [0.15, 0.2) is 0 Å². The van der Waals surface area contributed by atoms with E-state index in [0.29, 0.717) is 11.4 Å². The van der Waals surface area contributed by atoms with E-state index in [9.17, 15) is 0 Å². The maximum atomic E-state index is 5.59. The summed E-state index contributed by atoms with van der Waals surface area (Å²) >= 11 is 43.6. The van der Waals surface area contributed by atoms with Crippen LogP contribution in [0.4, 0.5) is 0 Å². The van der Waals surface area contributed by atoms with Crippen molar-refractivity contribution in [3.63, 3.8) is 0 Å². The summed E-state index contributed by atoms with van der Waals surface area (Å²) in [6.45, 7) is 0. The molecule has 0 aliphatic heterocycles. The van der Waals surface area contributed by atoms with E-state index in [4.69, 9.17) is 69.6 Å². The molecule has 0 atom stereocenters. The highest BCUT2D eigenvalue weighted by Crippen LogP contribution is 2.37. The van der Waals surface area contributed by atoms with E-state index in [2.05, 4.69) is 72.1 Å². The Kier molecular flexibility index (Phi) is 27.5. The van der Waals surface area contributed by atoms with Crippen LogP contribution < -0.4 is 0 Å². The monoisotopic (exact) mass is 978 g/mol. The van der Waals surface area contributed by atoms with Crippen LogP contribution in [0.5, 0.6) is 0 Å². The number of alkyl halides is 9. The second kappa shape index (κ2) is 27.7. The van der Waals surface area contributed by atoms with Gasteiger partial charge in [-0.25, -0.2) is 0 Å². The smallest absolute Gasteiger partial charge is 0.122 e. The van der Waals surface area contributed by atoms with E-state index in [-0.39, 0.29) is 20.7 Å². The molecule has 0 N–H and O–H groups in total. The van der Waals surface area contributed by atoms with Gasteiger partial charge in [0, 0.05) is 16.8 Å². The van der Waals surface area contributed by atoms with Crippen LogP contribution in [0.1, 0.15) is 36.4 Å². The maximum Gasteiger partial charge on any atom is 0.216 e. The minimum Gasteiger partial charge on any atom is -0.122 e. The molecule has 5 rings (SSSR count). The molecule has 0 nitrogen and oxygen atoms in total. The van der Waals surface area contributed by atoms with Crippen LogP contribution in [-0.4, -0.2) is 0 Å². The standard InChI is InChI=1S/C7H6Br2.C7H7Br.C7H5Cl3.C7H6Cl2.C7H7Cl.BrH/c8-7(9)6-4-2-1-3-5-6;8-6-7-4-2-1-3-5-7;8-7(9,10)6-4-2-1-3-5-6;8-7(9)6-4-2-1-3-5-6;8-6-7-4-2-1-3-5-7;/h1-5,7H;1-5H,6H2;1-5H;1-5,7H;1-5H,6H2;1H. The molecule has 0 spiro atoms. The Morgan fingerprint density at radius 1 is 0.511 bits per heavy atom. The molecule has 0 heterocycles. The van der Waals surface area contributed by atoms with Gasteiger partial charge >= 0.3 is 0 Å². The van der Waals surface area contributed by atoms with Crippen LogP contribution in [0.25, 0.3) is 0 Å². The second-order valence-corrected chi connectivity index (χ2v) is 15.8. The third kappa shape index (κ3) is 22.9.